The van der Waals surface area contributed by atoms with Crippen LogP contribution >= 0.6 is 11.3 Å². The van der Waals surface area contributed by atoms with Gasteiger partial charge in [-0.2, -0.15) is 0 Å². The first kappa shape index (κ1) is 7.24. The zero-order valence-corrected chi connectivity index (χ0v) is 7.08. The molecule has 1 aromatic carbocycles. The second kappa shape index (κ2) is 3.32. The van der Waals surface area contributed by atoms with Crippen molar-refractivity contribution in [3.63, 3.8) is 0 Å². The number of nitrogens with one attached hydrogen (secondary N) is 1. The molecule has 1 heterocycles. The lowest BCUT2D eigenvalue weighted by Crippen LogP contribution is -1.87. The van der Waals surface area contributed by atoms with E-state index in [1.54, 1.807) is 5.51 Å². The third-order valence-corrected chi connectivity index (χ3v) is 1.99. The Morgan fingerprint density at radius 3 is 2.67 bits per heavy atom. The van der Waals surface area contributed by atoms with E-state index in [4.69, 9.17) is 0 Å². The van der Waals surface area contributed by atoms with Crippen LogP contribution in [0.5, 0.6) is 0 Å². The van der Waals surface area contributed by atoms with E-state index in [2.05, 4.69) is 15.5 Å². The Bertz CT molecular complexity index is 330. The van der Waals surface area contributed by atoms with Crippen LogP contribution < -0.4 is 5.32 Å². The largest absolute Gasteiger partial charge is 0.330 e. The molecule has 2 aromatic rings. The lowest BCUT2D eigenvalue weighted by molar-refractivity contribution is 1.09. The summed E-state index contributed by atoms with van der Waals surface area (Å²) in [7, 11) is 0. The Balaban J connectivity index is 2.15. The van der Waals surface area contributed by atoms with Crippen LogP contribution in [0.1, 0.15) is 0 Å². The van der Waals surface area contributed by atoms with Crippen molar-refractivity contribution in [2.45, 2.75) is 0 Å². The lowest BCUT2D eigenvalue weighted by Gasteiger charge is -1.98. The summed E-state index contributed by atoms with van der Waals surface area (Å²) < 4.78 is 0. The van der Waals surface area contributed by atoms with E-state index in [0.29, 0.717) is 0 Å². The van der Waals surface area contributed by atoms with Crippen LogP contribution in [-0.2, 0) is 0 Å². The predicted octanol–water partition coefficient (Wildman–Crippen LogP) is 2.28. The molecule has 0 bridgehead atoms. The molecule has 0 saturated carbocycles. The Hall–Kier alpha value is -1.42. The van der Waals surface area contributed by atoms with Crippen molar-refractivity contribution in [3.8, 4) is 0 Å². The maximum Gasteiger partial charge on any atom is 0.209 e. The van der Waals surface area contributed by atoms with Crippen LogP contribution in [0.4, 0.5) is 10.8 Å². The van der Waals surface area contributed by atoms with Gasteiger partial charge in [0.25, 0.3) is 0 Å². The molecule has 0 fully saturated rings. The van der Waals surface area contributed by atoms with Gasteiger partial charge < -0.3 is 5.32 Å². The van der Waals surface area contributed by atoms with E-state index < -0.39 is 0 Å². The number of nitrogens with zero attached hydrogens (tertiary/aromatic N) is 2. The molecule has 2 rings (SSSR count). The fourth-order valence-electron chi connectivity index (χ4n) is 0.872. The van der Waals surface area contributed by atoms with Crippen molar-refractivity contribution in [1.29, 1.82) is 0 Å². The van der Waals surface area contributed by atoms with E-state index in [9.17, 15) is 0 Å². The van der Waals surface area contributed by atoms with Crippen LogP contribution in [0.2, 0.25) is 0 Å². The van der Waals surface area contributed by atoms with Gasteiger partial charge in [0.2, 0.25) is 5.13 Å². The summed E-state index contributed by atoms with van der Waals surface area (Å²) in [5.74, 6) is 0. The van der Waals surface area contributed by atoms with Crippen LogP contribution in [0.3, 0.4) is 0 Å². The van der Waals surface area contributed by atoms with E-state index in [1.807, 2.05) is 30.3 Å². The van der Waals surface area contributed by atoms with Gasteiger partial charge in [-0.15, -0.1) is 10.2 Å². The van der Waals surface area contributed by atoms with Gasteiger partial charge >= 0.3 is 0 Å². The SMILES string of the molecule is c1ccc(Nc2nncs2)cc1. The van der Waals surface area contributed by atoms with Crippen LogP contribution in [0.25, 0.3) is 0 Å². The molecule has 0 unspecified atom stereocenters. The van der Waals surface area contributed by atoms with E-state index in [-0.39, 0.29) is 0 Å². The fourth-order valence-corrected chi connectivity index (χ4v) is 1.34. The van der Waals surface area contributed by atoms with Gasteiger partial charge in [-0.25, -0.2) is 0 Å². The van der Waals surface area contributed by atoms with Crippen LogP contribution in [-0.4, -0.2) is 10.2 Å². The maximum atomic E-state index is 3.87. The highest BCUT2D eigenvalue weighted by molar-refractivity contribution is 7.13. The lowest BCUT2D eigenvalue weighted by atomic mass is 10.3. The van der Waals surface area contributed by atoms with Gasteiger partial charge in [0.1, 0.15) is 5.51 Å². The summed E-state index contributed by atoms with van der Waals surface area (Å²) >= 11 is 1.48. The molecule has 1 N–H and O–H groups in total. The maximum absolute atomic E-state index is 3.87. The van der Waals surface area contributed by atoms with Crippen molar-refractivity contribution in [1.82, 2.24) is 10.2 Å². The third-order valence-electron chi connectivity index (χ3n) is 1.39. The average molecular weight is 177 g/mol. The van der Waals surface area contributed by atoms with Gasteiger partial charge in [0.15, 0.2) is 0 Å². The van der Waals surface area contributed by atoms with E-state index in [1.165, 1.54) is 11.3 Å². The molecule has 0 aliphatic carbocycles. The first-order chi connectivity index (χ1) is 5.95. The molecule has 0 spiro atoms. The standard InChI is InChI=1S/C8H7N3S/c1-2-4-7(5-3-1)10-8-11-9-6-12-8/h1-6H,(H,10,11). The van der Waals surface area contributed by atoms with Crippen LogP contribution in [0.15, 0.2) is 35.8 Å². The van der Waals surface area contributed by atoms with Crippen molar-refractivity contribution in [2.75, 3.05) is 5.32 Å². The fraction of sp³-hybridized carbons (Fsp3) is 0. The normalized spacial score (nSPS) is 9.67. The average Bonchev–Trinajstić information content (AvgIpc) is 2.59. The molecule has 0 atom stereocenters. The second-order valence-electron chi connectivity index (χ2n) is 2.23. The molecule has 60 valence electrons. The predicted molar refractivity (Wildman–Crippen MR) is 49.6 cm³/mol. The molecule has 0 saturated heterocycles. The number of hydrogen-bond donors (Lipinski definition) is 1. The summed E-state index contributed by atoms with van der Waals surface area (Å²) in [6.45, 7) is 0. The molecule has 0 radical (unpaired) electrons. The molecule has 0 amide bonds. The first-order valence-corrected chi connectivity index (χ1v) is 4.41. The molecule has 3 nitrogen and oxygen atoms in total. The van der Waals surface area contributed by atoms with Crippen molar-refractivity contribution in [2.24, 2.45) is 0 Å². The summed E-state index contributed by atoms with van der Waals surface area (Å²) in [6, 6.07) is 9.90. The van der Waals surface area contributed by atoms with Crippen molar-refractivity contribution in [3.05, 3.63) is 35.8 Å². The van der Waals surface area contributed by atoms with Gasteiger partial charge in [0.05, 0.1) is 0 Å². The number of aromatic nitrogens is 2. The number of rotatable bonds is 2. The summed E-state index contributed by atoms with van der Waals surface area (Å²) in [5.41, 5.74) is 2.74. The Labute approximate surface area is 74.1 Å². The van der Waals surface area contributed by atoms with Gasteiger partial charge in [-0.1, -0.05) is 29.5 Å². The first-order valence-electron chi connectivity index (χ1n) is 3.53. The molecular weight excluding hydrogens is 170 g/mol. The van der Waals surface area contributed by atoms with E-state index >= 15 is 0 Å². The zero-order valence-electron chi connectivity index (χ0n) is 6.27. The summed E-state index contributed by atoms with van der Waals surface area (Å²) in [6.07, 6.45) is 0. The minimum absolute atomic E-state index is 0.821. The third kappa shape index (κ3) is 1.60. The summed E-state index contributed by atoms with van der Waals surface area (Å²) in [5, 5.41) is 11.5. The summed E-state index contributed by atoms with van der Waals surface area (Å²) in [4.78, 5) is 0. The number of anilines is 2. The second-order valence-corrected chi connectivity index (χ2v) is 3.07. The number of hydrogen-bond acceptors (Lipinski definition) is 4. The highest BCUT2D eigenvalue weighted by Gasteiger charge is 1.94. The molecule has 0 aliphatic rings. The minimum atomic E-state index is 0.821. The smallest absolute Gasteiger partial charge is 0.209 e. The Morgan fingerprint density at radius 1 is 1.17 bits per heavy atom. The quantitative estimate of drug-likeness (QED) is 0.764. The Kier molecular flexibility index (Phi) is 2.00. The molecular formula is C8H7N3S. The van der Waals surface area contributed by atoms with Gasteiger partial charge in [0, 0.05) is 5.69 Å². The minimum Gasteiger partial charge on any atom is -0.330 e. The van der Waals surface area contributed by atoms with Gasteiger partial charge in [-0.05, 0) is 12.1 Å². The van der Waals surface area contributed by atoms with Crippen LogP contribution in [0, 0.1) is 0 Å². The molecule has 1 aromatic heterocycles. The molecule has 4 heteroatoms. The van der Waals surface area contributed by atoms with E-state index in [0.717, 1.165) is 10.8 Å². The highest BCUT2D eigenvalue weighted by Crippen LogP contribution is 2.15. The number of benzene rings is 1. The Morgan fingerprint density at radius 2 is 2.00 bits per heavy atom. The van der Waals surface area contributed by atoms with Crippen molar-refractivity contribution >= 4 is 22.2 Å². The van der Waals surface area contributed by atoms with Crippen molar-refractivity contribution < 1.29 is 0 Å². The van der Waals surface area contributed by atoms with Gasteiger partial charge in [-0.3, -0.25) is 0 Å². The highest BCUT2D eigenvalue weighted by atomic mass is 32.1. The molecule has 0 aliphatic heterocycles. The monoisotopic (exact) mass is 177 g/mol. The molecule has 12 heavy (non-hydrogen) atoms. The number of para-hydroxylation sites is 1. The zero-order chi connectivity index (χ0) is 8.23. The topological polar surface area (TPSA) is 37.8 Å².